The van der Waals surface area contributed by atoms with E-state index in [-0.39, 0.29) is 5.25 Å². The first-order valence-electron chi connectivity index (χ1n) is 7.94. The van der Waals surface area contributed by atoms with E-state index in [2.05, 4.69) is 0 Å². The maximum atomic E-state index is 12.6. The van der Waals surface area contributed by atoms with Crippen LogP contribution in [0.1, 0.15) is 28.6 Å². The zero-order valence-electron chi connectivity index (χ0n) is 13.6. The number of thioether (sulfide) groups is 1. The Labute approximate surface area is 147 Å². The molecule has 0 bridgehead atoms. The van der Waals surface area contributed by atoms with E-state index in [1.165, 1.54) is 5.41 Å². The van der Waals surface area contributed by atoms with E-state index in [0.29, 0.717) is 13.1 Å². The van der Waals surface area contributed by atoms with Crippen molar-refractivity contribution in [1.82, 2.24) is 4.31 Å². The van der Waals surface area contributed by atoms with Gasteiger partial charge in [0.05, 0.1) is 11.5 Å². The minimum atomic E-state index is -3.40. The average molecular weight is 364 g/mol. The Hall–Kier alpha value is -1.50. The molecular formula is C18H21NO3S2. The van der Waals surface area contributed by atoms with E-state index in [4.69, 9.17) is 4.42 Å². The van der Waals surface area contributed by atoms with E-state index >= 15 is 0 Å². The number of sulfonamides is 1. The second kappa shape index (κ2) is 7.59. The van der Waals surface area contributed by atoms with E-state index in [1.54, 1.807) is 28.4 Å². The lowest BCUT2D eigenvalue weighted by Gasteiger charge is -2.17. The molecule has 2 heterocycles. The highest BCUT2D eigenvalue weighted by Crippen LogP contribution is 2.35. The summed E-state index contributed by atoms with van der Waals surface area (Å²) in [5.74, 6) is 1.69. The van der Waals surface area contributed by atoms with Crippen molar-refractivity contribution in [2.24, 2.45) is 0 Å². The van der Waals surface area contributed by atoms with E-state index in [0.717, 1.165) is 29.1 Å². The van der Waals surface area contributed by atoms with E-state index in [9.17, 15) is 8.42 Å². The molecule has 0 saturated carbocycles. The maximum Gasteiger partial charge on any atom is 0.236 e. The van der Waals surface area contributed by atoms with Crippen molar-refractivity contribution in [3.8, 4) is 0 Å². The van der Waals surface area contributed by atoms with Gasteiger partial charge >= 0.3 is 0 Å². The summed E-state index contributed by atoms with van der Waals surface area (Å²) in [5, 5.41) is 1.54. The normalized spacial score (nSPS) is 20.3. The molecule has 0 amide bonds. The van der Waals surface area contributed by atoms with Crippen LogP contribution in [0.15, 0.2) is 52.5 Å². The van der Waals surface area contributed by atoms with Crippen molar-refractivity contribution < 1.29 is 12.8 Å². The lowest BCUT2D eigenvalue weighted by atomic mass is 10.2. The van der Waals surface area contributed by atoms with Gasteiger partial charge in [-0.2, -0.15) is 4.31 Å². The number of rotatable bonds is 4. The molecule has 6 heteroatoms. The second-order valence-corrected chi connectivity index (χ2v) is 8.95. The van der Waals surface area contributed by atoms with Crippen LogP contribution in [0.25, 0.3) is 6.08 Å². The molecule has 2 aromatic rings. The van der Waals surface area contributed by atoms with Crippen LogP contribution in [0, 0.1) is 6.92 Å². The zero-order valence-corrected chi connectivity index (χ0v) is 15.2. The molecule has 3 rings (SSSR count). The zero-order chi connectivity index (χ0) is 17.0. The SMILES string of the molecule is Cc1ccc(/C=C/S(=O)(=O)N2CCSC(c3ccco3)CC2)cc1. The lowest BCUT2D eigenvalue weighted by Crippen LogP contribution is -2.31. The number of aryl methyl sites for hydroxylation is 1. The van der Waals surface area contributed by atoms with Gasteiger partial charge in [-0.05, 0) is 37.1 Å². The molecule has 1 aliphatic heterocycles. The van der Waals surface area contributed by atoms with Gasteiger partial charge in [-0.15, -0.1) is 11.8 Å². The number of nitrogens with zero attached hydrogens (tertiary/aromatic N) is 1. The van der Waals surface area contributed by atoms with E-state index in [1.807, 2.05) is 43.3 Å². The van der Waals surface area contributed by atoms with Crippen molar-refractivity contribution >= 4 is 27.9 Å². The molecule has 1 saturated heterocycles. The van der Waals surface area contributed by atoms with Gasteiger partial charge in [0.15, 0.2) is 0 Å². The van der Waals surface area contributed by atoms with Crippen LogP contribution in [-0.2, 0) is 10.0 Å². The Morgan fingerprint density at radius 1 is 1.21 bits per heavy atom. The highest BCUT2D eigenvalue weighted by molar-refractivity contribution is 7.99. The molecule has 128 valence electrons. The standard InChI is InChI=1S/C18H21NO3S2/c1-15-4-6-16(7-5-15)9-14-24(20,21)19-10-8-18(23-13-11-19)17-3-2-12-22-17/h2-7,9,12,14,18H,8,10-11,13H2,1H3/b14-9+. The molecule has 1 aromatic heterocycles. The Kier molecular flexibility index (Phi) is 5.48. The highest BCUT2D eigenvalue weighted by atomic mass is 32.2. The minimum absolute atomic E-state index is 0.223. The first-order chi connectivity index (χ1) is 11.5. The Morgan fingerprint density at radius 2 is 2.00 bits per heavy atom. The van der Waals surface area contributed by atoms with Crippen LogP contribution in [-0.4, -0.2) is 31.6 Å². The summed E-state index contributed by atoms with van der Waals surface area (Å²) in [6, 6.07) is 11.6. The van der Waals surface area contributed by atoms with Crippen LogP contribution in [0.5, 0.6) is 0 Å². The first kappa shape index (κ1) is 17.3. The maximum absolute atomic E-state index is 12.6. The van der Waals surface area contributed by atoms with Gasteiger partial charge in [0.2, 0.25) is 10.0 Å². The summed E-state index contributed by atoms with van der Waals surface area (Å²) in [4.78, 5) is 0. The first-order valence-corrected chi connectivity index (χ1v) is 10.5. The molecule has 0 radical (unpaired) electrons. The fraction of sp³-hybridized carbons (Fsp3) is 0.333. The topological polar surface area (TPSA) is 50.5 Å². The molecule has 0 aliphatic carbocycles. The quantitative estimate of drug-likeness (QED) is 0.822. The molecule has 0 spiro atoms. The van der Waals surface area contributed by atoms with Crippen molar-refractivity contribution in [3.05, 3.63) is 65.0 Å². The Morgan fingerprint density at radius 3 is 2.71 bits per heavy atom. The lowest BCUT2D eigenvalue weighted by molar-refractivity contribution is 0.422. The van der Waals surface area contributed by atoms with Crippen molar-refractivity contribution in [1.29, 1.82) is 0 Å². The molecule has 1 aliphatic rings. The molecule has 1 unspecified atom stereocenters. The molecule has 4 nitrogen and oxygen atoms in total. The Balaban J connectivity index is 1.67. The van der Waals surface area contributed by atoms with Gasteiger partial charge in [-0.1, -0.05) is 29.8 Å². The third-order valence-electron chi connectivity index (χ3n) is 4.03. The van der Waals surface area contributed by atoms with Crippen LogP contribution in [0.3, 0.4) is 0 Å². The summed E-state index contributed by atoms with van der Waals surface area (Å²) in [5.41, 5.74) is 2.05. The third kappa shape index (κ3) is 4.32. The fourth-order valence-corrected chi connectivity index (χ4v) is 5.14. The monoisotopic (exact) mass is 363 g/mol. The molecule has 1 atom stereocenters. The second-order valence-electron chi connectivity index (χ2n) is 5.82. The van der Waals surface area contributed by atoms with Crippen LogP contribution >= 0.6 is 11.8 Å². The summed E-state index contributed by atoms with van der Waals surface area (Å²) in [6.07, 6.45) is 4.09. The van der Waals surface area contributed by atoms with Crippen molar-refractivity contribution in [3.63, 3.8) is 0 Å². The Bertz CT molecular complexity index is 780. The smallest absolute Gasteiger partial charge is 0.236 e. The molecule has 1 aromatic carbocycles. The highest BCUT2D eigenvalue weighted by Gasteiger charge is 2.26. The fourth-order valence-electron chi connectivity index (χ4n) is 2.63. The van der Waals surface area contributed by atoms with Crippen LogP contribution < -0.4 is 0 Å². The molecular weight excluding hydrogens is 342 g/mol. The molecule has 1 fully saturated rings. The van der Waals surface area contributed by atoms with Gasteiger partial charge in [0, 0.05) is 24.3 Å². The van der Waals surface area contributed by atoms with Crippen LogP contribution in [0.4, 0.5) is 0 Å². The molecule has 0 N–H and O–H groups in total. The minimum Gasteiger partial charge on any atom is -0.468 e. The third-order valence-corrected chi connectivity index (χ3v) is 6.88. The average Bonchev–Trinajstić information content (AvgIpc) is 2.98. The van der Waals surface area contributed by atoms with Crippen molar-refractivity contribution in [2.45, 2.75) is 18.6 Å². The summed E-state index contributed by atoms with van der Waals surface area (Å²) in [6.45, 7) is 3.05. The summed E-state index contributed by atoms with van der Waals surface area (Å²) in [7, 11) is -3.40. The summed E-state index contributed by atoms with van der Waals surface area (Å²) >= 11 is 1.75. The predicted molar refractivity (Wildman–Crippen MR) is 99.2 cm³/mol. The number of benzene rings is 1. The van der Waals surface area contributed by atoms with Gasteiger partial charge in [-0.25, -0.2) is 8.42 Å². The van der Waals surface area contributed by atoms with Crippen LogP contribution in [0.2, 0.25) is 0 Å². The van der Waals surface area contributed by atoms with Crippen molar-refractivity contribution in [2.75, 3.05) is 18.8 Å². The number of furan rings is 1. The van der Waals surface area contributed by atoms with Gasteiger partial charge in [0.1, 0.15) is 5.76 Å². The van der Waals surface area contributed by atoms with Gasteiger partial charge < -0.3 is 4.42 Å². The predicted octanol–water partition coefficient (Wildman–Crippen LogP) is 4.07. The molecule has 24 heavy (non-hydrogen) atoms. The number of hydrogen-bond donors (Lipinski definition) is 0. The van der Waals surface area contributed by atoms with Gasteiger partial charge in [0.25, 0.3) is 0 Å². The largest absolute Gasteiger partial charge is 0.468 e. The summed E-state index contributed by atoms with van der Waals surface area (Å²) < 4.78 is 32.2. The number of hydrogen-bond acceptors (Lipinski definition) is 4. The van der Waals surface area contributed by atoms with Gasteiger partial charge in [-0.3, -0.25) is 0 Å². The van der Waals surface area contributed by atoms with E-state index < -0.39 is 10.0 Å².